The first-order chi connectivity index (χ1) is 8.56. The van der Waals surface area contributed by atoms with Gasteiger partial charge in [0.2, 0.25) is 0 Å². The fourth-order valence-corrected chi connectivity index (χ4v) is 2.30. The lowest BCUT2D eigenvalue weighted by atomic mass is 10.0. The average Bonchev–Trinajstić information content (AvgIpc) is 2.32. The summed E-state index contributed by atoms with van der Waals surface area (Å²) >= 11 is 7.80. The predicted octanol–water partition coefficient (Wildman–Crippen LogP) is 4.51. The maximum absolute atomic E-state index is 13.6. The molecule has 0 unspecified atom stereocenters. The summed E-state index contributed by atoms with van der Waals surface area (Å²) in [7, 11) is 0. The second-order valence-corrected chi connectivity index (χ2v) is 5.53. The fraction of sp³-hybridized carbons (Fsp3) is 0.0714. The average molecular weight is 375 g/mol. The fourth-order valence-electron chi connectivity index (χ4n) is 1.60. The van der Waals surface area contributed by atoms with E-state index in [9.17, 15) is 9.18 Å². The van der Waals surface area contributed by atoms with Crippen molar-refractivity contribution in [2.24, 2.45) is 0 Å². The van der Waals surface area contributed by atoms with Crippen LogP contribution in [-0.4, -0.2) is 5.78 Å². The molecule has 0 aliphatic rings. The van der Waals surface area contributed by atoms with E-state index in [1.807, 2.05) is 12.1 Å². The summed E-state index contributed by atoms with van der Waals surface area (Å²) in [5.41, 5.74) is 0.958. The Balaban J connectivity index is 2.21. The molecule has 1 nitrogen and oxygen atoms in total. The van der Waals surface area contributed by atoms with Crippen molar-refractivity contribution >= 4 is 40.0 Å². The first kappa shape index (κ1) is 13.5. The highest BCUT2D eigenvalue weighted by molar-refractivity contribution is 14.1. The molecule has 0 aliphatic carbocycles. The summed E-state index contributed by atoms with van der Waals surface area (Å²) < 4.78 is 14.5. The van der Waals surface area contributed by atoms with Crippen molar-refractivity contribution < 1.29 is 9.18 Å². The minimum Gasteiger partial charge on any atom is -0.294 e. The van der Waals surface area contributed by atoms with Crippen LogP contribution in [-0.2, 0) is 6.42 Å². The molecule has 4 heteroatoms. The van der Waals surface area contributed by atoms with Gasteiger partial charge in [-0.1, -0.05) is 29.8 Å². The molecular formula is C14H9ClFIO. The normalized spacial score (nSPS) is 10.4. The number of ketones is 1. The Hall–Kier alpha value is -0.940. The second kappa shape index (κ2) is 5.80. The van der Waals surface area contributed by atoms with Gasteiger partial charge in [0, 0.05) is 20.6 Å². The number of carbonyl (C=O) groups excluding carboxylic acids is 1. The Morgan fingerprint density at radius 2 is 2.00 bits per heavy atom. The van der Waals surface area contributed by atoms with Crippen molar-refractivity contribution in [3.63, 3.8) is 0 Å². The van der Waals surface area contributed by atoms with E-state index in [-0.39, 0.29) is 12.2 Å². The molecule has 0 aromatic heterocycles. The van der Waals surface area contributed by atoms with Crippen molar-refractivity contribution in [3.8, 4) is 0 Å². The highest BCUT2D eigenvalue weighted by Gasteiger charge is 2.11. The molecule has 0 spiro atoms. The van der Waals surface area contributed by atoms with Crippen LogP contribution in [0.25, 0.3) is 0 Å². The van der Waals surface area contributed by atoms with Crippen LogP contribution in [0.2, 0.25) is 5.02 Å². The molecule has 0 bridgehead atoms. The SMILES string of the molecule is O=C(Cc1ccc(Cl)cc1F)c1cccc(I)c1. The highest BCUT2D eigenvalue weighted by Crippen LogP contribution is 2.17. The third-order valence-electron chi connectivity index (χ3n) is 2.51. The monoisotopic (exact) mass is 374 g/mol. The number of hydrogen-bond acceptors (Lipinski definition) is 1. The predicted molar refractivity (Wildman–Crippen MR) is 78.6 cm³/mol. The molecule has 2 rings (SSSR count). The van der Waals surface area contributed by atoms with Gasteiger partial charge in [-0.3, -0.25) is 4.79 Å². The molecule has 0 saturated heterocycles. The summed E-state index contributed by atoms with van der Waals surface area (Å²) in [4.78, 5) is 12.0. The molecule has 2 aromatic rings. The van der Waals surface area contributed by atoms with E-state index in [2.05, 4.69) is 22.6 Å². The van der Waals surface area contributed by atoms with Crippen LogP contribution in [0, 0.1) is 9.39 Å². The number of carbonyl (C=O) groups is 1. The number of rotatable bonds is 3. The van der Waals surface area contributed by atoms with Gasteiger partial charge in [-0.05, 0) is 52.4 Å². The van der Waals surface area contributed by atoms with Crippen molar-refractivity contribution in [1.82, 2.24) is 0 Å². The van der Waals surface area contributed by atoms with Gasteiger partial charge in [0.15, 0.2) is 5.78 Å². The molecule has 0 atom stereocenters. The Kier molecular flexibility index (Phi) is 4.35. The van der Waals surface area contributed by atoms with E-state index in [1.54, 1.807) is 24.3 Å². The van der Waals surface area contributed by atoms with E-state index in [1.165, 1.54) is 6.07 Å². The molecule has 0 amide bonds. The zero-order valence-corrected chi connectivity index (χ0v) is 12.2. The third-order valence-corrected chi connectivity index (χ3v) is 3.42. The molecular weight excluding hydrogens is 366 g/mol. The maximum atomic E-state index is 13.6. The molecule has 92 valence electrons. The molecule has 0 radical (unpaired) electrons. The zero-order valence-electron chi connectivity index (χ0n) is 9.29. The Morgan fingerprint density at radius 1 is 1.22 bits per heavy atom. The van der Waals surface area contributed by atoms with Gasteiger partial charge in [-0.15, -0.1) is 0 Å². The Morgan fingerprint density at radius 3 is 2.67 bits per heavy atom. The van der Waals surface area contributed by atoms with Crippen molar-refractivity contribution in [1.29, 1.82) is 0 Å². The van der Waals surface area contributed by atoms with E-state index >= 15 is 0 Å². The van der Waals surface area contributed by atoms with E-state index in [0.29, 0.717) is 16.1 Å². The number of Topliss-reactive ketones (excluding diaryl/α,β-unsaturated/α-hetero) is 1. The largest absolute Gasteiger partial charge is 0.294 e. The van der Waals surface area contributed by atoms with E-state index in [0.717, 1.165) is 3.57 Å². The Bertz CT molecular complexity index is 598. The minimum absolute atomic E-state index is 0.0447. The summed E-state index contributed by atoms with van der Waals surface area (Å²) in [6, 6.07) is 11.6. The smallest absolute Gasteiger partial charge is 0.167 e. The molecule has 0 heterocycles. The van der Waals surface area contributed by atoms with Crippen LogP contribution >= 0.6 is 34.2 Å². The van der Waals surface area contributed by atoms with Crippen LogP contribution in [0.5, 0.6) is 0 Å². The number of halogens is 3. The second-order valence-electron chi connectivity index (χ2n) is 3.85. The standard InChI is InChI=1S/C14H9ClFIO/c15-11-5-4-9(13(16)8-11)7-14(18)10-2-1-3-12(17)6-10/h1-6,8H,7H2. The Labute approximate surface area is 123 Å². The maximum Gasteiger partial charge on any atom is 0.167 e. The summed E-state index contributed by atoms with van der Waals surface area (Å²) in [5.74, 6) is -0.545. The first-order valence-corrected chi connectivity index (χ1v) is 6.74. The van der Waals surface area contributed by atoms with Crippen LogP contribution in [0.4, 0.5) is 4.39 Å². The van der Waals surface area contributed by atoms with Gasteiger partial charge in [0.05, 0.1) is 0 Å². The number of hydrogen-bond donors (Lipinski definition) is 0. The van der Waals surface area contributed by atoms with Crippen LogP contribution in [0.3, 0.4) is 0 Å². The van der Waals surface area contributed by atoms with Gasteiger partial charge in [-0.25, -0.2) is 4.39 Å². The van der Waals surface area contributed by atoms with Crippen molar-refractivity contribution in [2.45, 2.75) is 6.42 Å². The molecule has 0 aliphatic heterocycles. The minimum atomic E-state index is -0.443. The summed E-state index contributed by atoms with van der Waals surface area (Å²) in [6.07, 6.45) is 0.0447. The van der Waals surface area contributed by atoms with Crippen molar-refractivity contribution in [2.75, 3.05) is 0 Å². The lowest BCUT2D eigenvalue weighted by molar-refractivity contribution is 0.0992. The molecule has 0 fully saturated rings. The highest BCUT2D eigenvalue weighted by atomic mass is 127. The molecule has 18 heavy (non-hydrogen) atoms. The molecule has 2 aromatic carbocycles. The first-order valence-electron chi connectivity index (χ1n) is 5.29. The van der Waals surface area contributed by atoms with Gasteiger partial charge in [-0.2, -0.15) is 0 Å². The molecule has 0 saturated carbocycles. The van der Waals surface area contributed by atoms with Crippen LogP contribution in [0.1, 0.15) is 15.9 Å². The summed E-state index contributed by atoms with van der Waals surface area (Å²) in [6.45, 7) is 0. The van der Waals surface area contributed by atoms with Gasteiger partial charge < -0.3 is 0 Å². The van der Waals surface area contributed by atoms with E-state index < -0.39 is 5.82 Å². The summed E-state index contributed by atoms with van der Waals surface area (Å²) in [5, 5.41) is 0.331. The topological polar surface area (TPSA) is 17.1 Å². The van der Waals surface area contributed by atoms with Crippen LogP contribution in [0.15, 0.2) is 42.5 Å². The van der Waals surface area contributed by atoms with Gasteiger partial charge in [0.25, 0.3) is 0 Å². The van der Waals surface area contributed by atoms with Crippen LogP contribution < -0.4 is 0 Å². The van der Waals surface area contributed by atoms with E-state index in [4.69, 9.17) is 11.6 Å². The quantitative estimate of drug-likeness (QED) is 0.571. The lowest BCUT2D eigenvalue weighted by Crippen LogP contribution is -2.05. The zero-order chi connectivity index (χ0) is 13.1. The lowest BCUT2D eigenvalue weighted by Gasteiger charge is -2.04. The molecule has 0 N–H and O–H groups in total. The van der Waals surface area contributed by atoms with Crippen molar-refractivity contribution in [3.05, 3.63) is 68.0 Å². The van der Waals surface area contributed by atoms with Gasteiger partial charge in [0.1, 0.15) is 5.82 Å². The van der Waals surface area contributed by atoms with Gasteiger partial charge >= 0.3 is 0 Å². The number of benzene rings is 2. The third kappa shape index (κ3) is 3.29.